The molecule has 4 nitrogen and oxygen atoms in total. The van der Waals surface area contributed by atoms with Gasteiger partial charge in [0, 0.05) is 0 Å². The molecule has 0 radical (unpaired) electrons. The number of hydrogen-bond acceptors (Lipinski definition) is 4. The number of benzene rings is 1. The van der Waals surface area contributed by atoms with E-state index in [0.717, 1.165) is 12.1 Å². The van der Waals surface area contributed by atoms with E-state index in [9.17, 15) is 17.6 Å². The van der Waals surface area contributed by atoms with Gasteiger partial charge in [-0.3, -0.25) is 0 Å². The number of nitrogens with one attached hydrogen (secondary N) is 1. The largest absolute Gasteiger partial charge is 0.480 e. The molecule has 0 saturated heterocycles. The number of nitrogens with zero attached hydrogens (tertiary/aromatic N) is 2. The van der Waals surface area contributed by atoms with Crippen LogP contribution < -0.4 is 10.1 Å². The zero-order valence-electron chi connectivity index (χ0n) is 10.5. The van der Waals surface area contributed by atoms with Crippen LogP contribution in [-0.4, -0.2) is 17.1 Å². The van der Waals surface area contributed by atoms with Crippen molar-refractivity contribution in [3.8, 4) is 5.88 Å². The second kappa shape index (κ2) is 5.84. The number of anilines is 2. The van der Waals surface area contributed by atoms with Crippen LogP contribution in [0.15, 0.2) is 28.9 Å². The SMILES string of the molecule is COc1nc(Nc2cccc(C(F)(F)F)c2F)ncc1Br. The summed E-state index contributed by atoms with van der Waals surface area (Å²) in [5.41, 5.74) is -1.74. The van der Waals surface area contributed by atoms with E-state index in [1.54, 1.807) is 0 Å². The van der Waals surface area contributed by atoms with E-state index in [1.807, 2.05) is 0 Å². The Morgan fingerprint density at radius 3 is 2.62 bits per heavy atom. The van der Waals surface area contributed by atoms with E-state index in [-0.39, 0.29) is 17.5 Å². The van der Waals surface area contributed by atoms with Gasteiger partial charge in [0.2, 0.25) is 11.8 Å². The van der Waals surface area contributed by atoms with E-state index in [4.69, 9.17) is 4.74 Å². The Hall–Kier alpha value is -1.90. The monoisotopic (exact) mass is 365 g/mol. The number of rotatable bonds is 3. The van der Waals surface area contributed by atoms with Crippen molar-refractivity contribution in [2.75, 3.05) is 12.4 Å². The molecule has 0 amide bonds. The molecule has 1 aromatic carbocycles. The summed E-state index contributed by atoms with van der Waals surface area (Å²) in [5, 5.41) is 2.39. The van der Waals surface area contributed by atoms with Gasteiger partial charge in [-0.05, 0) is 28.1 Å². The Labute approximate surface area is 125 Å². The molecule has 0 aliphatic carbocycles. The summed E-state index contributed by atoms with van der Waals surface area (Å²) in [4.78, 5) is 7.70. The topological polar surface area (TPSA) is 47.0 Å². The molecular weight excluding hydrogens is 358 g/mol. The lowest BCUT2D eigenvalue weighted by Gasteiger charge is -2.12. The number of methoxy groups -OCH3 is 1. The number of alkyl halides is 3. The van der Waals surface area contributed by atoms with Crippen LogP contribution in [0.25, 0.3) is 0 Å². The number of aromatic nitrogens is 2. The molecule has 0 saturated carbocycles. The Morgan fingerprint density at radius 1 is 1.29 bits per heavy atom. The highest BCUT2D eigenvalue weighted by molar-refractivity contribution is 9.10. The average molecular weight is 366 g/mol. The van der Waals surface area contributed by atoms with Gasteiger partial charge < -0.3 is 10.1 Å². The van der Waals surface area contributed by atoms with E-state index < -0.39 is 17.6 Å². The minimum Gasteiger partial charge on any atom is -0.480 e. The molecule has 1 aromatic heterocycles. The second-order valence-electron chi connectivity index (χ2n) is 3.84. The van der Waals surface area contributed by atoms with Crippen LogP contribution in [0.3, 0.4) is 0 Å². The maximum Gasteiger partial charge on any atom is 0.419 e. The summed E-state index contributed by atoms with van der Waals surface area (Å²) < 4.78 is 57.1. The van der Waals surface area contributed by atoms with Gasteiger partial charge in [-0.25, -0.2) is 9.37 Å². The first-order valence-corrected chi connectivity index (χ1v) is 6.31. The Kier molecular flexibility index (Phi) is 4.31. The predicted molar refractivity (Wildman–Crippen MR) is 71.0 cm³/mol. The van der Waals surface area contributed by atoms with E-state index >= 15 is 0 Å². The van der Waals surface area contributed by atoms with Gasteiger partial charge in [-0.2, -0.15) is 18.2 Å². The third kappa shape index (κ3) is 3.41. The van der Waals surface area contributed by atoms with Crippen molar-refractivity contribution >= 4 is 27.6 Å². The molecule has 2 aromatic rings. The van der Waals surface area contributed by atoms with Gasteiger partial charge in [0.25, 0.3) is 0 Å². The third-order valence-electron chi connectivity index (χ3n) is 2.46. The summed E-state index contributed by atoms with van der Waals surface area (Å²) in [7, 11) is 1.36. The van der Waals surface area contributed by atoms with Crippen LogP contribution in [0.2, 0.25) is 0 Å². The van der Waals surface area contributed by atoms with Gasteiger partial charge in [-0.15, -0.1) is 0 Å². The van der Waals surface area contributed by atoms with E-state index in [1.165, 1.54) is 13.3 Å². The zero-order chi connectivity index (χ0) is 15.6. The fourth-order valence-electron chi connectivity index (χ4n) is 1.52. The van der Waals surface area contributed by atoms with Crippen molar-refractivity contribution in [1.29, 1.82) is 0 Å². The van der Waals surface area contributed by atoms with Crippen LogP contribution in [0, 0.1) is 5.82 Å². The molecule has 1 heterocycles. The number of halogens is 5. The maximum atomic E-state index is 13.8. The van der Waals surface area contributed by atoms with E-state index in [2.05, 4.69) is 31.2 Å². The lowest BCUT2D eigenvalue weighted by Crippen LogP contribution is -2.10. The molecule has 2 rings (SSSR count). The summed E-state index contributed by atoms with van der Waals surface area (Å²) in [5.74, 6) is -1.34. The average Bonchev–Trinajstić information content (AvgIpc) is 2.42. The molecule has 0 spiro atoms. The van der Waals surface area contributed by atoms with E-state index in [0.29, 0.717) is 10.5 Å². The molecule has 21 heavy (non-hydrogen) atoms. The number of ether oxygens (including phenoxy) is 1. The van der Waals surface area contributed by atoms with Crippen molar-refractivity contribution in [3.63, 3.8) is 0 Å². The zero-order valence-corrected chi connectivity index (χ0v) is 12.1. The van der Waals surface area contributed by atoms with Crippen LogP contribution in [0.1, 0.15) is 5.56 Å². The molecule has 9 heteroatoms. The second-order valence-corrected chi connectivity index (χ2v) is 4.70. The highest BCUT2D eigenvalue weighted by Crippen LogP contribution is 2.34. The van der Waals surface area contributed by atoms with Crippen molar-refractivity contribution in [2.24, 2.45) is 0 Å². The third-order valence-corrected chi connectivity index (χ3v) is 3.00. The van der Waals surface area contributed by atoms with Crippen molar-refractivity contribution < 1.29 is 22.3 Å². The minimum absolute atomic E-state index is 0.0896. The normalized spacial score (nSPS) is 11.3. The standard InChI is InChI=1S/C12H8BrF4N3O/c1-21-10-7(13)5-18-11(20-10)19-8-4-2-3-6(9(8)14)12(15,16)17/h2-5H,1H3,(H,18,19,20). The van der Waals surface area contributed by atoms with Crippen LogP contribution in [0.5, 0.6) is 5.88 Å². The van der Waals surface area contributed by atoms with Crippen LogP contribution in [0.4, 0.5) is 29.2 Å². The molecule has 0 fully saturated rings. The van der Waals surface area contributed by atoms with Crippen LogP contribution >= 0.6 is 15.9 Å². The maximum absolute atomic E-state index is 13.8. The van der Waals surface area contributed by atoms with Gasteiger partial charge >= 0.3 is 6.18 Å². The summed E-state index contributed by atoms with van der Waals surface area (Å²) in [6.45, 7) is 0. The Morgan fingerprint density at radius 2 is 2.00 bits per heavy atom. The lowest BCUT2D eigenvalue weighted by molar-refractivity contribution is -0.139. The first-order valence-electron chi connectivity index (χ1n) is 5.52. The summed E-state index contributed by atoms with van der Waals surface area (Å²) >= 11 is 3.13. The highest BCUT2D eigenvalue weighted by atomic mass is 79.9. The van der Waals surface area contributed by atoms with Gasteiger partial charge in [0.05, 0.1) is 29.0 Å². The first-order chi connectivity index (χ1) is 9.82. The van der Waals surface area contributed by atoms with Crippen molar-refractivity contribution in [3.05, 3.63) is 40.2 Å². The fraction of sp³-hybridized carbons (Fsp3) is 0.167. The predicted octanol–water partition coefficient (Wildman–Crippen LogP) is 4.15. The van der Waals surface area contributed by atoms with Gasteiger partial charge in [-0.1, -0.05) is 6.07 Å². The molecule has 0 atom stereocenters. The minimum atomic E-state index is -4.78. The van der Waals surface area contributed by atoms with Crippen molar-refractivity contribution in [2.45, 2.75) is 6.18 Å². The quantitative estimate of drug-likeness (QED) is 0.830. The first kappa shape index (κ1) is 15.5. The fourth-order valence-corrected chi connectivity index (χ4v) is 1.88. The smallest absolute Gasteiger partial charge is 0.419 e. The molecule has 1 N–H and O–H groups in total. The molecule has 0 unspecified atom stereocenters. The molecule has 0 aliphatic rings. The van der Waals surface area contributed by atoms with Crippen molar-refractivity contribution in [1.82, 2.24) is 9.97 Å². The molecule has 112 valence electrons. The van der Waals surface area contributed by atoms with Gasteiger partial charge in [0.1, 0.15) is 0 Å². The highest BCUT2D eigenvalue weighted by Gasteiger charge is 2.34. The summed E-state index contributed by atoms with van der Waals surface area (Å²) in [6, 6.07) is 2.90. The van der Waals surface area contributed by atoms with Crippen LogP contribution in [-0.2, 0) is 6.18 Å². The molecule has 0 bridgehead atoms. The summed E-state index contributed by atoms with van der Waals surface area (Å²) in [6.07, 6.45) is -3.44. The number of hydrogen-bond donors (Lipinski definition) is 1. The van der Waals surface area contributed by atoms with Gasteiger partial charge in [0.15, 0.2) is 5.82 Å². The molecule has 0 aliphatic heterocycles. The Balaban J connectivity index is 2.36. The lowest BCUT2D eigenvalue weighted by atomic mass is 10.2. The Bertz CT molecular complexity index is 663. The molecular formula is C12H8BrF4N3O.